The van der Waals surface area contributed by atoms with Gasteiger partial charge in [0.15, 0.2) is 0 Å². The van der Waals surface area contributed by atoms with Crippen LogP contribution >= 0.6 is 0 Å². The molecule has 0 aliphatic carbocycles. The number of benzene rings is 1. The number of carbonyl (C=O) groups excluding carboxylic acids is 2. The van der Waals surface area contributed by atoms with Crippen LogP contribution in [-0.4, -0.2) is 36.4 Å². The summed E-state index contributed by atoms with van der Waals surface area (Å²) in [5.41, 5.74) is 1.48. The zero-order chi connectivity index (χ0) is 15.0. The molecule has 1 aromatic rings. The number of hydrogen-bond donors (Lipinski definition) is 0. The molecule has 0 saturated heterocycles. The molecule has 2 heterocycles. The molecule has 3 rings (SSSR count). The number of nitrogens with zero attached hydrogens (tertiary/aromatic N) is 2. The van der Waals surface area contributed by atoms with E-state index >= 15 is 0 Å². The van der Waals surface area contributed by atoms with E-state index in [9.17, 15) is 9.59 Å². The minimum Gasteiger partial charge on any atom is -0.461 e. The highest BCUT2D eigenvalue weighted by Crippen LogP contribution is 2.34. The summed E-state index contributed by atoms with van der Waals surface area (Å²) in [5.74, 6) is -0.776. The highest BCUT2D eigenvalue weighted by Gasteiger charge is 2.41. The van der Waals surface area contributed by atoms with E-state index in [4.69, 9.17) is 9.47 Å². The molecule has 0 radical (unpaired) electrons. The van der Waals surface area contributed by atoms with Crippen LogP contribution in [0, 0.1) is 0 Å². The van der Waals surface area contributed by atoms with Crippen LogP contribution in [0.15, 0.2) is 29.4 Å². The summed E-state index contributed by atoms with van der Waals surface area (Å²) in [6, 6.07) is 6.93. The Bertz CT molecular complexity index is 626. The first-order chi connectivity index (χ1) is 10.1. The van der Waals surface area contributed by atoms with Gasteiger partial charge >= 0.3 is 11.9 Å². The minimum atomic E-state index is -0.415. The van der Waals surface area contributed by atoms with Gasteiger partial charge in [0.1, 0.15) is 11.8 Å². The Balaban J connectivity index is 2.02. The quantitative estimate of drug-likeness (QED) is 0.775. The molecule has 0 aromatic heterocycles. The van der Waals surface area contributed by atoms with Crippen molar-refractivity contribution >= 4 is 23.3 Å². The van der Waals surface area contributed by atoms with Crippen molar-refractivity contribution in [3.8, 4) is 0 Å². The third kappa shape index (κ3) is 2.26. The van der Waals surface area contributed by atoms with Crippen molar-refractivity contribution in [3.05, 3.63) is 29.8 Å². The highest BCUT2D eigenvalue weighted by molar-refractivity contribution is 6.37. The van der Waals surface area contributed by atoms with E-state index < -0.39 is 5.97 Å². The van der Waals surface area contributed by atoms with Crippen molar-refractivity contribution in [3.63, 3.8) is 0 Å². The van der Waals surface area contributed by atoms with Crippen molar-refractivity contribution < 1.29 is 19.1 Å². The number of esters is 2. The minimum absolute atomic E-state index is 0.183. The topological polar surface area (TPSA) is 68.2 Å². The maximum atomic E-state index is 12.1. The summed E-state index contributed by atoms with van der Waals surface area (Å²) in [6.45, 7) is 3.88. The first-order valence-corrected chi connectivity index (χ1v) is 6.95. The van der Waals surface area contributed by atoms with Crippen molar-refractivity contribution in [1.29, 1.82) is 0 Å². The molecule has 1 aromatic carbocycles. The third-order valence-electron chi connectivity index (χ3n) is 3.66. The number of fused-ring (bicyclic) bond motifs is 3. The van der Waals surface area contributed by atoms with Gasteiger partial charge in [0, 0.05) is 6.42 Å². The summed E-state index contributed by atoms with van der Waals surface area (Å²) in [7, 11) is 0. The summed E-state index contributed by atoms with van der Waals surface area (Å²) in [5, 5.41) is 6.06. The van der Waals surface area contributed by atoms with Crippen LogP contribution in [0.5, 0.6) is 0 Å². The molecule has 21 heavy (non-hydrogen) atoms. The predicted octanol–water partition coefficient (Wildman–Crippen LogP) is 1.74. The Labute approximate surface area is 122 Å². The maximum absolute atomic E-state index is 12.1. The lowest BCUT2D eigenvalue weighted by Crippen LogP contribution is -2.36. The first kappa shape index (κ1) is 13.6. The molecule has 2 aliphatic rings. The molecular formula is C15H16N2O4. The average Bonchev–Trinajstić information content (AvgIpc) is 2.89. The number of rotatable bonds is 2. The predicted molar refractivity (Wildman–Crippen MR) is 76.3 cm³/mol. The van der Waals surface area contributed by atoms with Crippen LogP contribution in [0.2, 0.25) is 0 Å². The number of anilines is 1. The van der Waals surface area contributed by atoms with Crippen molar-refractivity contribution in [2.45, 2.75) is 32.4 Å². The molecule has 0 bridgehead atoms. The Kier molecular flexibility index (Phi) is 3.37. The summed E-state index contributed by atoms with van der Waals surface area (Å²) in [6.07, 6.45) is 0.0438. The van der Waals surface area contributed by atoms with Gasteiger partial charge in [-0.05, 0) is 26.0 Å². The summed E-state index contributed by atoms with van der Waals surface area (Å²) in [4.78, 5) is 23.9. The summed E-state index contributed by atoms with van der Waals surface area (Å²) >= 11 is 0. The van der Waals surface area contributed by atoms with E-state index in [1.165, 1.54) is 0 Å². The van der Waals surface area contributed by atoms with Crippen LogP contribution in [0.4, 0.5) is 5.69 Å². The number of para-hydroxylation sites is 1. The van der Waals surface area contributed by atoms with Gasteiger partial charge in [0.25, 0.3) is 0 Å². The number of carbonyl (C=O) groups is 2. The van der Waals surface area contributed by atoms with Crippen LogP contribution in [0.25, 0.3) is 0 Å². The molecular weight excluding hydrogens is 272 g/mol. The van der Waals surface area contributed by atoms with Crippen molar-refractivity contribution in [2.75, 3.05) is 11.6 Å². The molecule has 0 saturated carbocycles. The molecule has 0 spiro atoms. The van der Waals surface area contributed by atoms with Gasteiger partial charge in [-0.1, -0.05) is 12.1 Å². The van der Waals surface area contributed by atoms with Gasteiger partial charge in [-0.25, -0.2) is 9.59 Å². The van der Waals surface area contributed by atoms with E-state index in [1.54, 1.807) is 30.1 Å². The zero-order valence-electron chi connectivity index (χ0n) is 11.9. The van der Waals surface area contributed by atoms with Crippen LogP contribution < -0.4 is 5.01 Å². The third-order valence-corrected chi connectivity index (χ3v) is 3.66. The highest BCUT2D eigenvalue weighted by atomic mass is 16.5. The van der Waals surface area contributed by atoms with Gasteiger partial charge < -0.3 is 9.47 Å². The van der Waals surface area contributed by atoms with Crippen molar-refractivity contribution in [1.82, 2.24) is 0 Å². The monoisotopic (exact) mass is 288 g/mol. The van der Waals surface area contributed by atoms with E-state index in [1.807, 2.05) is 13.0 Å². The molecule has 2 atom stereocenters. The Hall–Kier alpha value is -2.37. The zero-order valence-corrected chi connectivity index (χ0v) is 11.9. The largest absolute Gasteiger partial charge is 0.461 e. The van der Waals surface area contributed by atoms with E-state index in [2.05, 4.69) is 5.10 Å². The average molecular weight is 288 g/mol. The standard InChI is InChI=1S/C15H16N2O4/c1-3-20-15(19)11-8-13-9(2)21-14(18)10-6-4-5-7-12(10)17(13)16-11/h4-7,9,13H,3,8H2,1-2H3/t9-,13+/m0/s1. The molecule has 6 nitrogen and oxygen atoms in total. The lowest BCUT2D eigenvalue weighted by molar-refractivity contribution is -0.135. The molecule has 6 heteroatoms. The van der Waals surface area contributed by atoms with Gasteiger partial charge in [-0.15, -0.1) is 0 Å². The number of ether oxygens (including phenoxy) is 2. The van der Waals surface area contributed by atoms with E-state index in [-0.39, 0.29) is 18.1 Å². The van der Waals surface area contributed by atoms with Gasteiger partial charge in [0.05, 0.1) is 23.9 Å². The van der Waals surface area contributed by atoms with Crippen LogP contribution in [0.1, 0.15) is 30.6 Å². The van der Waals surface area contributed by atoms with E-state index in [0.717, 1.165) is 0 Å². The fourth-order valence-corrected chi connectivity index (χ4v) is 2.62. The molecule has 0 fully saturated rings. The Morgan fingerprint density at radius 3 is 3.00 bits per heavy atom. The second-order valence-corrected chi connectivity index (χ2v) is 5.01. The fourth-order valence-electron chi connectivity index (χ4n) is 2.62. The second kappa shape index (κ2) is 5.20. The van der Waals surface area contributed by atoms with Crippen LogP contribution in [0.3, 0.4) is 0 Å². The molecule has 0 unspecified atom stereocenters. The van der Waals surface area contributed by atoms with Gasteiger partial charge in [-0.2, -0.15) is 5.10 Å². The maximum Gasteiger partial charge on any atom is 0.354 e. The smallest absolute Gasteiger partial charge is 0.354 e. The summed E-state index contributed by atoms with van der Waals surface area (Å²) < 4.78 is 10.4. The number of hydrazone groups is 1. The molecule has 2 aliphatic heterocycles. The lowest BCUT2D eigenvalue weighted by atomic mass is 10.1. The molecule has 0 N–H and O–H groups in total. The van der Waals surface area contributed by atoms with Gasteiger partial charge in [-0.3, -0.25) is 5.01 Å². The van der Waals surface area contributed by atoms with Crippen molar-refractivity contribution in [2.24, 2.45) is 5.10 Å². The Morgan fingerprint density at radius 2 is 2.24 bits per heavy atom. The fraction of sp³-hybridized carbons (Fsp3) is 0.400. The first-order valence-electron chi connectivity index (χ1n) is 6.95. The lowest BCUT2D eigenvalue weighted by Gasteiger charge is -2.24. The Morgan fingerprint density at radius 1 is 1.48 bits per heavy atom. The number of hydrogen-bond acceptors (Lipinski definition) is 6. The molecule has 110 valence electrons. The number of cyclic esters (lactones) is 1. The van der Waals surface area contributed by atoms with E-state index in [0.29, 0.717) is 30.0 Å². The van der Waals surface area contributed by atoms with Crippen LogP contribution in [-0.2, 0) is 14.3 Å². The normalized spacial score (nSPS) is 23.6. The second-order valence-electron chi connectivity index (χ2n) is 5.01. The van der Waals surface area contributed by atoms with Gasteiger partial charge in [0.2, 0.25) is 0 Å². The molecule has 0 amide bonds. The SMILES string of the molecule is CCOC(=O)C1=NN2c3ccccc3C(=O)O[C@@H](C)[C@H]2C1.